The van der Waals surface area contributed by atoms with Gasteiger partial charge < -0.3 is 0 Å². The van der Waals surface area contributed by atoms with Crippen molar-refractivity contribution in [2.75, 3.05) is 6.54 Å². The first-order chi connectivity index (χ1) is 8.67. The van der Waals surface area contributed by atoms with Crippen LogP contribution in [0.2, 0.25) is 0 Å². The zero-order valence-corrected chi connectivity index (χ0v) is 9.20. The lowest BCUT2D eigenvalue weighted by Crippen LogP contribution is -1.90. The van der Waals surface area contributed by atoms with E-state index in [0.29, 0.717) is 12.0 Å². The standard InChI is InChI=1S/C11H7N5O2/c12-8-10-5-9(3-1-2-4-14-15-13)6-11(7-10)16(17)18/h5-7H,2,4H2. The first kappa shape index (κ1) is 13.0. The molecule has 0 bridgehead atoms. The smallest absolute Gasteiger partial charge is 0.258 e. The van der Waals surface area contributed by atoms with Crippen LogP contribution in [0.1, 0.15) is 17.5 Å². The highest BCUT2D eigenvalue weighted by Crippen LogP contribution is 2.16. The third-order valence-electron chi connectivity index (χ3n) is 1.89. The molecule has 0 atom stereocenters. The molecule has 0 N–H and O–H groups in total. The molecule has 0 heterocycles. The molecule has 1 aromatic rings. The summed E-state index contributed by atoms with van der Waals surface area (Å²) in [6.07, 6.45) is 0.356. The highest BCUT2D eigenvalue weighted by atomic mass is 16.6. The lowest BCUT2D eigenvalue weighted by Gasteiger charge is -1.94. The second-order valence-electron chi connectivity index (χ2n) is 3.14. The average molecular weight is 241 g/mol. The summed E-state index contributed by atoms with van der Waals surface area (Å²) < 4.78 is 0. The molecule has 7 nitrogen and oxygen atoms in total. The Morgan fingerprint density at radius 3 is 2.78 bits per heavy atom. The molecule has 88 valence electrons. The molecule has 0 saturated carbocycles. The second-order valence-corrected chi connectivity index (χ2v) is 3.14. The van der Waals surface area contributed by atoms with Gasteiger partial charge in [0.05, 0.1) is 16.6 Å². The maximum absolute atomic E-state index is 10.6. The van der Waals surface area contributed by atoms with Crippen molar-refractivity contribution in [1.29, 1.82) is 5.26 Å². The zero-order valence-electron chi connectivity index (χ0n) is 9.20. The second kappa shape index (κ2) is 6.54. The predicted molar refractivity (Wildman–Crippen MR) is 63.3 cm³/mol. The zero-order chi connectivity index (χ0) is 13.4. The van der Waals surface area contributed by atoms with Gasteiger partial charge in [0.25, 0.3) is 5.69 Å². The molecule has 7 heteroatoms. The van der Waals surface area contributed by atoms with Crippen LogP contribution in [0, 0.1) is 33.3 Å². The van der Waals surface area contributed by atoms with Crippen LogP contribution in [0.15, 0.2) is 23.3 Å². The van der Waals surface area contributed by atoms with Crippen molar-refractivity contribution >= 4 is 5.69 Å². The van der Waals surface area contributed by atoms with Crippen LogP contribution in [-0.2, 0) is 0 Å². The minimum Gasteiger partial charge on any atom is -0.258 e. The Labute approximate surface area is 102 Å². The van der Waals surface area contributed by atoms with E-state index in [4.69, 9.17) is 10.8 Å². The molecule has 0 aromatic heterocycles. The van der Waals surface area contributed by atoms with Crippen molar-refractivity contribution in [2.45, 2.75) is 6.42 Å². The molecular formula is C11H7N5O2. The van der Waals surface area contributed by atoms with Crippen molar-refractivity contribution in [3.63, 3.8) is 0 Å². The normalized spacial score (nSPS) is 8.39. The maximum atomic E-state index is 10.6. The lowest BCUT2D eigenvalue weighted by atomic mass is 10.1. The summed E-state index contributed by atoms with van der Waals surface area (Å²) in [6.45, 7) is 0.240. The van der Waals surface area contributed by atoms with Crippen LogP contribution < -0.4 is 0 Å². The number of benzene rings is 1. The van der Waals surface area contributed by atoms with Gasteiger partial charge in [-0.25, -0.2) is 0 Å². The van der Waals surface area contributed by atoms with Gasteiger partial charge in [-0.1, -0.05) is 17.0 Å². The minimum absolute atomic E-state index is 0.173. The van der Waals surface area contributed by atoms with E-state index in [0.717, 1.165) is 0 Å². The minimum atomic E-state index is -0.577. The van der Waals surface area contributed by atoms with E-state index >= 15 is 0 Å². The summed E-state index contributed by atoms with van der Waals surface area (Å²) in [5.41, 5.74) is 8.45. The van der Waals surface area contributed by atoms with Crippen LogP contribution in [0.4, 0.5) is 5.69 Å². The number of nitro benzene ring substituents is 1. The Kier molecular flexibility index (Phi) is 4.74. The predicted octanol–water partition coefficient (Wildman–Crippen LogP) is 2.52. The molecular weight excluding hydrogens is 234 g/mol. The largest absolute Gasteiger partial charge is 0.271 e. The highest BCUT2D eigenvalue weighted by Gasteiger charge is 2.08. The van der Waals surface area contributed by atoms with Crippen LogP contribution >= 0.6 is 0 Å². The van der Waals surface area contributed by atoms with E-state index in [1.807, 2.05) is 6.07 Å². The fourth-order valence-electron chi connectivity index (χ4n) is 1.17. The summed E-state index contributed by atoms with van der Waals surface area (Å²) in [4.78, 5) is 12.6. The van der Waals surface area contributed by atoms with E-state index in [-0.39, 0.29) is 17.8 Å². The van der Waals surface area contributed by atoms with Crippen molar-refractivity contribution in [3.05, 3.63) is 49.9 Å². The molecule has 0 aliphatic carbocycles. The van der Waals surface area contributed by atoms with Gasteiger partial charge in [0.15, 0.2) is 0 Å². The number of nitrogens with zero attached hydrogens (tertiary/aromatic N) is 5. The Morgan fingerprint density at radius 2 is 2.17 bits per heavy atom. The molecule has 1 rings (SSSR count). The Hall–Kier alpha value is -3.02. The molecule has 0 aliphatic heterocycles. The molecule has 0 unspecified atom stereocenters. The Balaban J connectivity index is 2.95. The first-order valence-corrected chi connectivity index (χ1v) is 4.86. The molecule has 0 radical (unpaired) electrons. The monoisotopic (exact) mass is 241 g/mol. The van der Waals surface area contributed by atoms with Gasteiger partial charge in [0.1, 0.15) is 0 Å². The number of non-ortho nitro benzene ring substituents is 1. The fourth-order valence-corrected chi connectivity index (χ4v) is 1.17. The summed E-state index contributed by atoms with van der Waals surface area (Å²) in [5.74, 6) is 5.39. The van der Waals surface area contributed by atoms with E-state index in [1.54, 1.807) is 0 Å². The van der Waals surface area contributed by atoms with E-state index in [9.17, 15) is 10.1 Å². The van der Waals surface area contributed by atoms with Crippen molar-refractivity contribution < 1.29 is 4.92 Å². The Morgan fingerprint density at radius 1 is 1.44 bits per heavy atom. The third kappa shape index (κ3) is 3.86. The average Bonchev–Trinajstić information content (AvgIpc) is 2.38. The van der Waals surface area contributed by atoms with Crippen molar-refractivity contribution in [3.8, 4) is 17.9 Å². The van der Waals surface area contributed by atoms with Crippen molar-refractivity contribution in [1.82, 2.24) is 0 Å². The molecule has 1 aromatic carbocycles. The highest BCUT2D eigenvalue weighted by molar-refractivity contribution is 5.50. The molecule has 0 amide bonds. The van der Waals surface area contributed by atoms with Crippen LogP contribution in [0.25, 0.3) is 10.4 Å². The quantitative estimate of drug-likeness (QED) is 0.154. The summed E-state index contributed by atoms with van der Waals surface area (Å²) in [5, 5.41) is 22.7. The van der Waals surface area contributed by atoms with Gasteiger partial charge in [0, 0.05) is 35.6 Å². The SMILES string of the molecule is N#Cc1cc(C#CCCN=[N+]=[N-])cc([N+](=O)[O-])c1. The number of hydrogen-bond donors (Lipinski definition) is 0. The molecule has 0 saturated heterocycles. The summed E-state index contributed by atoms with van der Waals surface area (Å²) in [7, 11) is 0. The maximum Gasteiger partial charge on any atom is 0.271 e. The number of nitro groups is 1. The molecule has 0 spiro atoms. The molecule has 0 fully saturated rings. The van der Waals surface area contributed by atoms with E-state index in [2.05, 4.69) is 21.9 Å². The van der Waals surface area contributed by atoms with Gasteiger partial charge in [-0.15, -0.1) is 0 Å². The van der Waals surface area contributed by atoms with Gasteiger partial charge in [-0.05, 0) is 11.6 Å². The molecule has 0 aliphatic rings. The number of hydrogen-bond acceptors (Lipinski definition) is 4. The number of azide groups is 1. The number of nitriles is 1. The fraction of sp³-hybridized carbons (Fsp3) is 0.182. The van der Waals surface area contributed by atoms with Crippen LogP contribution in [-0.4, -0.2) is 11.5 Å². The first-order valence-electron chi connectivity index (χ1n) is 4.86. The Bertz CT molecular complexity index is 615. The van der Waals surface area contributed by atoms with E-state index in [1.165, 1.54) is 18.2 Å². The van der Waals surface area contributed by atoms with Gasteiger partial charge in [-0.2, -0.15) is 5.26 Å². The van der Waals surface area contributed by atoms with Crippen LogP contribution in [0.5, 0.6) is 0 Å². The third-order valence-corrected chi connectivity index (χ3v) is 1.89. The van der Waals surface area contributed by atoms with E-state index < -0.39 is 4.92 Å². The summed E-state index contributed by atoms with van der Waals surface area (Å²) in [6, 6.07) is 5.78. The van der Waals surface area contributed by atoms with Gasteiger partial charge in [0.2, 0.25) is 0 Å². The summed E-state index contributed by atoms with van der Waals surface area (Å²) >= 11 is 0. The lowest BCUT2D eigenvalue weighted by molar-refractivity contribution is -0.384. The van der Waals surface area contributed by atoms with Gasteiger partial charge >= 0.3 is 0 Å². The topological polar surface area (TPSA) is 116 Å². The van der Waals surface area contributed by atoms with Crippen molar-refractivity contribution in [2.24, 2.45) is 5.11 Å². The van der Waals surface area contributed by atoms with Crippen LogP contribution in [0.3, 0.4) is 0 Å². The van der Waals surface area contributed by atoms with Gasteiger partial charge in [-0.3, -0.25) is 10.1 Å². The molecule has 18 heavy (non-hydrogen) atoms. The number of rotatable bonds is 3.